The molecular formula is C17H23N3O. The van der Waals surface area contributed by atoms with Crippen LogP contribution in [0.5, 0.6) is 0 Å². The van der Waals surface area contributed by atoms with Gasteiger partial charge in [0.2, 0.25) is 0 Å². The van der Waals surface area contributed by atoms with Crippen LogP contribution in [0.3, 0.4) is 0 Å². The number of fused-ring (bicyclic) bond motifs is 1. The van der Waals surface area contributed by atoms with Gasteiger partial charge in [0.05, 0.1) is 5.52 Å². The van der Waals surface area contributed by atoms with Crippen molar-refractivity contribution in [3.05, 3.63) is 36.0 Å². The number of nitrogens with one attached hydrogen (secondary N) is 1. The molecule has 1 aromatic heterocycles. The summed E-state index contributed by atoms with van der Waals surface area (Å²) < 4.78 is 0. The number of carbonyl (C=O) groups is 1. The lowest BCUT2D eigenvalue weighted by atomic mass is 10.1. The Bertz CT molecular complexity index is 637. The number of anilines is 1. The predicted octanol–water partition coefficient (Wildman–Crippen LogP) is 3.39. The second-order valence-corrected chi connectivity index (χ2v) is 5.56. The summed E-state index contributed by atoms with van der Waals surface area (Å²) in [4.78, 5) is 19.0. The number of nitrogens with zero attached hydrogens (tertiary/aromatic N) is 2. The highest BCUT2D eigenvalue weighted by Gasteiger charge is 2.18. The molecule has 0 spiro atoms. The molecule has 1 heterocycles. The fourth-order valence-corrected chi connectivity index (χ4v) is 2.45. The molecular weight excluding hydrogens is 262 g/mol. The van der Waals surface area contributed by atoms with Crippen LogP contribution in [0.15, 0.2) is 30.3 Å². The summed E-state index contributed by atoms with van der Waals surface area (Å²) >= 11 is 0. The van der Waals surface area contributed by atoms with Gasteiger partial charge >= 0.3 is 0 Å². The van der Waals surface area contributed by atoms with Crippen molar-refractivity contribution in [1.29, 1.82) is 0 Å². The van der Waals surface area contributed by atoms with E-state index in [1.54, 1.807) is 0 Å². The van der Waals surface area contributed by atoms with Gasteiger partial charge in [-0.25, -0.2) is 4.98 Å². The minimum atomic E-state index is -0.00606. The number of aromatic nitrogens is 1. The van der Waals surface area contributed by atoms with E-state index in [2.05, 4.69) is 24.1 Å². The first-order valence-corrected chi connectivity index (χ1v) is 7.43. The quantitative estimate of drug-likeness (QED) is 0.916. The number of pyridine rings is 1. The summed E-state index contributed by atoms with van der Waals surface area (Å²) in [6, 6.07) is 9.70. The van der Waals surface area contributed by atoms with E-state index in [1.807, 2.05) is 49.2 Å². The van der Waals surface area contributed by atoms with Crippen molar-refractivity contribution in [3.63, 3.8) is 0 Å². The van der Waals surface area contributed by atoms with Crippen molar-refractivity contribution in [2.75, 3.05) is 25.5 Å². The van der Waals surface area contributed by atoms with Crippen LogP contribution in [0.4, 0.5) is 5.69 Å². The maximum absolute atomic E-state index is 12.7. The Morgan fingerprint density at radius 3 is 2.67 bits per heavy atom. The normalized spacial score (nSPS) is 10.9. The molecule has 112 valence electrons. The molecule has 21 heavy (non-hydrogen) atoms. The number of amides is 1. The summed E-state index contributed by atoms with van der Waals surface area (Å²) in [5.74, 6) is 0.437. The highest BCUT2D eigenvalue weighted by atomic mass is 16.2. The number of rotatable bonds is 5. The number of para-hydroxylation sites is 1. The van der Waals surface area contributed by atoms with Gasteiger partial charge in [-0.05, 0) is 25.0 Å². The molecule has 1 N–H and O–H groups in total. The highest BCUT2D eigenvalue weighted by molar-refractivity contribution is 5.99. The van der Waals surface area contributed by atoms with E-state index in [0.717, 1.165) is 23.1 Å². The van der Waals surface area contributed by atoms with Crippen LogP contribution in [0.2, 0.25) is 0 Å². The van der Waals surface area contributed by atoms with Gasteiger partial charge < -0.3 is 10.2 Å². The third-order valence-electron chi connectivity index (χ3n) is 3.46. The molecule has 0 saturated heterocycles. The average molecular weight is 285 g/mol. The van der Waals surface area contributed by atoms with Crippen LogP contribution < -0.4 is 5.32 Å². The zero-order chi connectivity index (χ0) is 15.4. The first-order chi connectivity index (χ1) is 10.1. The molecule has 0 aliphatic rings. The molecule has 1 aromatic carbocycles. The summed E-state index contributed by atoms with van der Waals surface area (Å²) in [6.07, 6.45) is 0. The van der Waals surface area contributed by atoms with Crippen molar-refractivity contribution >= 4 is 22.5 Å². The Morgan fingerprint density at radius 2 is 2.05 bits per heavy atom. The van der Waals surface area contributed by atoms with Crippen molar-refractivity contribution in [3.8, 4) is 0 Å². The Hall–Kier alpha value is -2.10. The van der Waals surface area contributed by atoms with Crippen LogP contribution in [-0.2, 0) is 0 Å². The topological polar surface area (TPSA) is 45.2 Å². The van der Waals surface area contributed by atoms with Crippen LogP contribution in [0.1, 0.15) is 31.3 Å². The highest BCUT2D eigenvalue weighted by Crippen LogP contribution is 2.23. The molecule has 0 unspecified atom stereocenters. The lowest BCUT2D eigenvalue weighted by molar-refractivity contribution is 0.0740. The van der Waals surface area contributed by atoms with Gasteiger partial charge in [0.1, 0.15) is 5.69 Å². The fraction of sp³-hybridized carbons (Fsp3) is 0.412. The summed E-state index contributed by atoms with van der Waals surface area (Å²) in [5, 5.41) is 4.18. The van der Waals surface area contributed by atoms with Gasteiger partial charge in [0.15, 0.2) is 0 Å². The van der Waals surface area contributed by atoms with Gasteiger partial charge in [-0.2, -0.15) is 0 Å². The van der Waals surface area contributed by atoms with Crippen LogP contribution in [0.25, 0.3) is 10.9 Å². The number of hydrogen-bond donors (Lipinski definition) is 1. The summed E-state index contributed by atoms with van der Waals surface area (Å²) in [6.45, 7) is 7.67. The first kappa shape index (κ1) is 15.3. The second kappa shape index (κ2) is 6.57. The molecule has 0 atom stereocenters. The maximum atomic E-state index is 12.7. The second-order valence-electron chi connectivity index (χ2n) is 5.56. The van der Waals surface area contributed by atoms with Gasteiger partial charge in [0.25, 0.3) is 5.91 Å². The molecule has 1 amide bonds. The van der Waals surface area contributed by atoms with Gasteiger partial charge in [-0.15, -0.1) is 0 Å². The molecule has 0 saturated carbocycles. The van der Waals surface area contributed by atoms with Crippen LogP contribution in [-0.4, -0.2) is 35.9 Å². The van der Waals surface area contributed by atoms with E-state index in [0.29, 0.717) is 18.2 Å². The van der Waals surface area contributed by atoms with Crippen LogP contribution >= 0.6 is 0 Å². The van der Waals surface area contributed by atoms with E-state index in [9.17, 15) is 4.79 Å². The molecule has 0 radical (unpaired) electrons. The number of hydrogen-bond acceptors (Lipinski definition) is 3. The maximum Gasteiger partial charge on any atom is 0.272 e. The Balaban J connectivity index is 2.43. The van der Waals surface area contributed by atoms with Gasteiger partial charge in [-0.1, -0.05) is 32.0 Å². The van der Waals surface area contributed by atoms with E-state index in [-0.39, 0.29) is 5.91 Å². The molecule has 0 aliphatic heterocycles. The third-order valence-corrected chi connectivity index (χ3v) is 3.46. The van der Waals surface area contributed by atoms with Crippen molar-refractivity contribution < 1.29 is 4.79 Å². The van der Waals surface area contributed by atoms with Gasteiger partial charge in [-0.3, -0.25) is 4.79 Å². The molecule has 0 bridgehead atoms. The minimum absolute atomic E-state index is 0.00606. The average Bonchev–Trinajstić information content (AvgIpc) is 2.50. The summed E-state index contributed by atoms with van der Waals surface area (Å²) in [7, 11) is 1.86. The molecule has 0 aliphatic carbocycles. The SMILES string of the molecule is CCN(CC(C)C)C(=O)c1cc(NC)c2ccccc2n1. The van der Waals surface area contributed by atoms with Gasteiger partial charge in [0, 0.05) is 31.2 Å². The van der Waals surface area contributed by atoms with Crippen molar-refractivity contribution in [2.45, 2.75) is 20.8 Å². The standard InChI is InChI=1S/C17H23N3O/c1-5-20(11-12(2)3)17(21)16-10-15(18-4)13-8-6-7-9-14(13)19-16/h6-10,12H,5,11H2,1-4H3,(H,18,19). The minimum Gasteiger partial charge on any atom is -0.388 e. The van der Waals surface area contributed by atoms with Crippen LogP contribution in [0, 0.1) is 5.92 Å². The number of benzene rings is 1. The van der Waals surface area contributed by atoms with Crippen molar-refractivity contribution in [1.82, 2.24) is 9.88 Å². The third kappa shape index (κ3) is 3.32. The zero-order valence-corrected chi connectivity index (χ0v) is 13.2. The largest absolute Gasteiger partial charge is 0.388 e. The smallest absolute Gasteiger partial charge is 0.272 e. The lowest BCUT2D eigenvalue weighted by Gasteiger charge is -2.23. The van der Waals surface area contributed by atoms with E-state index in [1.165, 1.54) is 0 Å². The van der Waals surface area contributed by atoms with E-state index < -0.39 is 0 Å². The van der Waals surface area contributed by atoms with E-state index in [4.69, 9.17) is 0 Å². The number of carbonyl (C=O) groups excluding carboxylic acids is 1. The fourth-order valence-electron chi connectivity index (χ4n) is 2.45. The summed E-state index contributed by atoms with van der Waals surface area (Å²) in [5.41, 5.74) is 2.28. The molecule has 2 rings (SSSR count). The first-order valence-electron chi connectivity index (χ1n) is 7.43. The molecule has 4 nitrogen and oxygen atoms in total. The monoisotopic (exact) mass is 285 g/mol. The Labute approximate surface area is 126 Å². The van der Waals surface area contributed by atoms with Crippen molar-refractivity contribution in [2.24, 2.45) is 5.92 Å². The molecule has 2 aromatic rings. The Kier molecular flexibility index (Phi) is 4.78. The Morgan fingerprint density at radius 1 is 1.33 bits per heavy atom. The lowest BCUT2D eigenvalue weighted by Crippen LogP contribution is -2.34. The molecule has 4 heteroatoms. The molecule has 0 fully saturated rings. The zero-order valence-electron chi connectivity index (χ0n) is 13.2. The predicted molar refractivity (Wildman–Crippen MR) is 87.7 cm³/mol. The van der Waals surface area contributed by atoms with E-state index >= 15 is 0 Å².